The number of imidazole rings is 1. The maximum absolute atomic E-state index is 11.9. The van der Waals surface area contributed by atoms with Crippen LogP contribution in [0.15, 0.2) is 30.6 Å². The lowest BCUT2D eigenvalue weighted by molar-refractivity contribution is -0.121. The molecule has 1 heterocycles. The van der Waals surface area contributed by atoms with Crippen LogP contribution in [0, 0.1) is 0 Å². The molecule has 0 radical (unpaired) electrons. The Bertz CT molecular complexity index is 569. The number of carbonyl (C=O) groups is 1. The zero-order chi connectivity index (χ0) is 13.8. The monoisotopic (exact) mass is 297 g/mol. The van der Waals surface area contributed by atoms with E-state index in [9.17, 15) is 4.79 Å². The highest BCUT2D eigenvalue weighted by atomic mass is 35.5. The minimum atomic E-state index is -0.162. The molecule has 1 aromatic carbocycles. The summed E-state index contributed by atoms with van der Waals surface area (Å²) in [6.07, 6.45) is 3.62. The predicted octanol–water partition coefficient (Wildman–Crippen LogP) is 3.14. The fourth-order valence-electron chi connectivity index (χ4n) is 1.71. The SMILES string of the molecule is CC(NC(=O)Cc1ccc(Cl)c(Cl)c1)c1ncc[nH]1. The van der Waals surface area contributed by atoms with Gasteiger partial charge in [-0.2, -0.15) is 0 Å². The maximum atomic E-state index is 11.9. The molecule has 1 unspecified atom stereocenters. The van der Waals surface area contributed by atoms with Gasteiger partial charge in [-0.1, -0.05) is 29.3 Å². The third-order valence-electron chi connectivity index (χ3n) is 2.66. The largest absolute Gasteiger partial charge is 0.347 e. The lowest BCUT2D eigenvalue weighted by Gasteiger charge is -2.11. The second kappa shape index (κ2) is 6.08. The van der Waals surface area contributed by atoms with Crippen molar-refractivity contribution >= 4 is 29.1 Å². The van der Waals surface area contributed by atoms with Crippen molar-refractivity contribution in [3.63, 3.8) is 0 Å². The van der Waals surface area contributed by atoms with E-state index in [2.05, 4.69) is 15.3 Å². The molecule has 0 spiro atoms. The molecule has 19 heavy (non-hydrogen) atoms. The minimum Gasteiger partial charge on any atom is -0.347 e. The molecule has 1 aromatic heterocycles. The van der Waals surface area contributed by atoms with Gasteiger partial charge in [0.25, 0.3) is 0 Å². The average Bonchev–Trinajstić information content (AvgIpc) is 2.87. The van der Waals surface area contributed by atoms with Gasteiger partial charge >= 0.3 is 0 Å². The molecule has 1 amide bonds. The number of H-pyrrole nitrogens is 1. The lowest BCUT2D eigenvalue weighted by atomic mass is 10.1. The molecule has 2 aromatic rings. The summed E-state index contributed by atoms with van der Waals surface area (Å²) in [6.45, 7) is 1.87. The van der Waals surface area contributed by atoms with E-state index in [0.29, 0.717) is 10.0 Å². The van der Waals surface area contributed by atoms with Gasteiger partial charge in [0.2, 0.25) is 5.91 Å². The number of amides is 1. The van der Waals surface area contributed by atoms with Crippen molar-refractivity contribution in [3.8, 4) is 0 Å². The topological polar surface area (TPSA) is 57.8 Å². The van der Waals surface area contributed by atoms with Crippen molar-refractivity contribution in [2.24, 2.45) is 0 Å². The molecule has 4 nitrogen and oxygen atoms in total. The van der Waals surface area contributed by atoms with Gasteiger partial charge in [-0.05, 0) is 24.6 Å². The van der Waals surface area contributed by atoms with Crippen molar-refractivity contribution < 1.29 is 4.79 Å². The first kappa shape index (κ1) is 13.9. The third kappa shape index (κ3) is 3.72. The van der Waals surface area contributed by atoms with Gasteiger partial charge in [0, 0.05) is 12.4 Å². The summed E-state index contributed by atoms with van der Waals surface area (Å²) in [5.74, 6) is 0.629. The highest BCUT2D eigenvalue weighted by molar-refractivity contribution is 6.42. The van der Waals surface area contributed by atoms with Gasteiger partial charge in [-0.3, -0.25) is 4.79 Å². The Labute approximate surface area is 121 Å². The van der Waals surface area contributed by atoms with Crippen LogP contribution in [0.4, 0.5) is 0 Å². The molecule has 2 N–H and O–H groups in total. The Morgan fingerprint density at radius 2 is 2.21 bits per heavy atom. The van der Waals surface area contributed by atoms with E-state index in [-0.39, 0.29) is 18.4 Å². The Morgan fingerprint density at radius 1 is 1.42 bits per heavy atom. The number of aromatic nitrogens is 2. The summed E-state index contributed by atoms with van der Waals surface area (Å²) in [5.41, 5.74) is 0.818. The quantitative estimate of drug-likeness (QED) is 0.911. The van der Waals surface area contributed by atoms with E-state index >= 15 is 0 Å². The molecule has 0 fully saturated rings. The zero-order valence-electron chi connectivity index (χ0n) is 10.3. The Hall–Kier alpha value is -1.52. The molecule has 0 aliphatic carbocycles. The second-order valence-corrected chi connectivity index (χ2v) is 5.00. The summed E-state index contributed by atoms with van der Waals surface area (Å²) < 4.78 is 0. The summed E-state index contributed by atoms with van der Waals surface area (Å²) in [5, 5.41) is 3.79. The van der Waals surface area contributed by atoms with Crippen LogP contribution in [-0.2, 0) is 11.2 Å². The van der Waals surface area contributed by atoms with Crippen molar-refractivity contribution in [2.45, 2.75) is 19.4 Å². The number of rotatable bonds is 4. The molecule has 100 valence electrons. The fraction of sp³-hybridized carbons (Fsp3) is 0.231. The molecular weight excluding hydrogens is 285 g/mol. The number of nitrogens with zero attached hydrogens (tertiary/aromatic N) is 1. The Kier molecular flexibility index (Phi) is 4.45. The van der Waals surface area contributed by atoms with Crippen LogP contribution in [0.3, 0.4) is 0 Å². The van der Waals surface area contributed by atoms with Crippen molar-refractivity contribution in [1.82, 2.24) is 15.3 Å². The highest BCUT2D eigenvalue weighted by Crippen LogP contribution is 2.22. The van der Waals surface area contributed by atoms with Crippen molar-refractivity contribution in [3.05, 3.63) is 52.0 Å². The fourth-order valence-corrected chi connectivity index (χ4v) is 2.03. The molecule has 1 atom stereocenters. The van der Waals surface area contributed by atoms with Crippen molar-refractivity contribution in [2.75, 3.05) is 0 Å². The smallest absolute Gasteiger partial charge is 0.224 e. The van der Waals surface area contributed by atoms with Gasteiger partial charge in [0.05, 0.1) is 22.5 Å². The highest BCUT2D eigenvalue weighted by Gasteiger charge is 2.12. The molecule has 0 saturated carbocycles. The summed E-state index contributed by atoms with van der Waals surface area (Å²) in [4.78, 5) is 18.9. The number of halogens is 2. The number of nitrogens with one attached hydrogen (secondary N) is 2. The summed E-state index contributed by atoms with van der Waals surface area (Å²) in [6, 6.07) is 5.00. The molecule has 0 aliphatic rings. The molecule has 6 heteroatoms. The Morgan fingerprint density at radius 3 is 2.84 bits per heavy atom. The van der Waals surface area contributed by atoms with Gasteiger partial charge in [-0.25, -0.2) is 4.98 Å². The lowest BCUT2D eigenvalue weighted by Crippen LogP contribution is -2.28. The molecule has 2 rings (SSSR count). The van der Waals surface area contributed by atoms with E-state index < -0.39 is 0 Å². The second-order valence-electron chi connectivity index (χ2n) is 4.19. The van der Waals surface area contributed by atoms with E-state index in [1.165, 1.54) is 0 Å². The van der Waals surface area contributed by atoms with Crippen LogP contribution in [0.5, 0.6) is 0 Å². The average molecular weight is 298 g/mol. The molecular formula is C13H13Cl2N3O. The number of hydrogen-bond donors (Lipinski definition) is 2. The van der Waals surface area contributed by atoms with Gasteiger partial charge < -0.3 is 10.3 Å². The number of benzene rings is 1. The van der Waals surface area contributed by atoms with Crippen LogP contribution in [-0.4, -0.2) is 15.9 Å². The minimum absolute atomic E-state index is 0.0951. The molecule has 0 bridgehead atoms. The van der Waals surface area contributed by atoms with Gasteiger partial charge in [0.15, 0.2) is 0 Å². The Balaban J connectivity index is 1.95. The molecule has 0 saturated heterocycles. The van der Waals surface area contributed by atoms with Crippen LogP contribution in [0.25, 0.3) is 0 Å². The van der Waals surface area contributed by atoms with E-state index in [1.807, 2.05) is 6.92 Å². The number of hydrogen-bond acceptors (Lipinski definition) is 2. The first-order valence-corrected chi connectivity index (χ1v) is 6.54. The summed E-state index contributed by atoms with van der Waals surface area (Å²) in [7, 11) is 0. The van der Waals surface area contributed by atoms with Crippen molar-refractivity contribution in [1.29, 1.82) is 0 Å². The van der Waals surface area contributed by atoms with Gasteiger partial charge in [0.1, 0.15) is 5.82 Å². The number of carbonyl (C=O) groups excluding carboxylic acids is 1. The van der Waals surface area contributed by atoms with Crippen LogP contribution in [0.1, 0.15) is 24.4 Å². The van der Waals surface area contributed by atoms with Crippen LogP contribution < -0.4 is 5.32 Å². The predicted molar refractivity (Wildman–Crippen MR) is 75.3 cm³/mol. The van der Waals surface area contributed by atoms with E-state index in [4.69, 9.17) is 23.2 Å². The summed E-state index contributed by atoms with van der Waals surface area (Å²) >= 11 is 11.7. The normalized spacial score (nSPS) is 12.2. The van der Waals surface area contributed by atoms with E-state index in [0.717, 1.165) is 11.4 Å². The first-order valence-electron chi connectivity index (χ1n) is 5.79. The number of aromatic amines is 1. The van der Waals surface area contributed by atoms with Crippen LogP contribution >= 0.6 is 23.2 Å². The standard InChI is InChI=1S/C13H13Cl2N3O/c1-8(13-16-4-5-17-13)18-12(19)7-9-2-3-10(14)11(15)6-9/h2-6,8H,7H2,1H3,(H,16,17)(H,18,19). The van der Waals surface area contributed by atoms with Crippen LogP contribution in [0.2, 0.25) is 10.0 Å². The maximum Gasteiger partial charge on any atom is 0.224 e. The van der Waals surface area contributed by atoms with E-state index in [1.54, 1.807) is 30.6 Å². The first-order chi connectivity index (χ1) is 9.06. The van der Waals surface area contributed by atoms with Gasteiger partial charge in [-0.15, -0.1) is 0 Å². The third-order valence-corrected chi connectivity index (χ3v) is 3.39. The molecule has 0 aliphatic heterocycles. The zero-order valence-corrected chi connectivity index (χ0v) is 11.8.